The van der Waals surface area contributed by atoms with Crippen LogP contribution in [-0.4, -0.2) is 40.4 Å². The lowest BCUT2D eigenvalue weighted by Gasteiger charge is -2.45. The van der Waals surface area contributed by atoms with Gasteiger partial charge in [0.15, 0.2) is 21.5 Å². The molecule has 1 aromatic heterocycles. The minimum Gasteiger partial charge on any atom is -0.386 e. The van der Waals surface area contributed by atoms with Gasteiger partial charge in [-0.15, -0.1) is 0 Å². The molecule has 2 fully saturated rings. The second kappa shape index (κ2) is 11.0. The fourth-order valence-corrected chi connectivity index (χ4v) is 8.72. The zero-order chi connectivity index (χ0) is 30.6. The van der Waals surface area contributed by atoms with E-state index in [0.29, 0.717) is 18.5 Å². The molecule has 2 bridgehead atoms. The Hall–Kier alpha value is -2.92. The third kappa shape index (κ3) is 5.45. The third-order valence-corrected chi connectivity index (χ3v) is 11.3. The van der Waals surface area contributed by atoms with Gasteiger partial charge in [-0.05, 0) is 80.0 Å². The van der Waals surface area contributed by atoms with E-state index in [4.69, 9.17) is 11.6 Å². The van der Waals surface area contributed by atoms with Gasteiger partial charge in [0.2, 0.25) is 0 Å². The van der Waals surface area contributed by atoms with Gasteiger partial charge in [0.05, 0.1) is 20.9 Å². The number of aliphatic hydroxyl groups excluding tert-OH is 1. The van der Waals surface area contributed by atoms with Gasteiger partial charge in [0.25, 0.3) is 5.91 Å². The van der Waals surface area contributed by atoms with Crippen LogP contribution in [0.3, 0.4) is 0 Å². The number of amides is 1. The van der Waals surface area contributed by atoms with Crippen molar-refractivity contribution in [2.45, 2.75) is 73.7 Å². The number of hydrogen-bond donors (Lipinski definition) is 3. The van der Waals surface area contributed by atoms with Crippen molar-refractivity contribution in [3.63, 3.8) is 0 Å². The van der Waals surface area contributed by atoms with Crippen LogP contribution in [0.15, 0.2) is 59.5 Å². The molecule has 0 radical (unpaired) electrons. The first kappa shape index (κ1) is 30.5. The summed E-state index contributed by atoms with van der Waals surface area (Å²) in [7, 11) is -4.06. The van der Waals surface area contributed by atoms with Crippen molar-refractivity contribution in [1.29, 1.82) is 0 Å². The smallest absolute Gasteiger partial charge is 0.255 e. The highest BCUT2D eigenvalue weighted by molar-refractivity contribution is 7.92. The van der Waals surface area contributed by atoms with E-state index in [2.05, 4.69) is 10.3 Å². The molecular weight excluding hydrogens is 586 g/mol. The zero-order valence-electron chi connectivity index (χ0n) is 23.4. The molecule has 3 N–H and O–H groups in total. The molecule has 2 aromatic carbocycles. The lowest BCUT2D eigenvalue weighted by Crippen LogP contribution is -2.52. The molecule has 0 aliphatic heterocycles. The van der Waals surface area contributed by atoms with Crippen LogP contribution < -0.4 is 5.32 Å². The molecule has 0 saturated heterocycles. The maximum absolute atomic E-state index is 13.9. The number of rotatable bonds is 6. The van der Waals surface area contributed by atoms with Gasteiger partial charge in [0, 0.05) is 28.4 Å². The predicted molar refractivity (Wildman–Crippen MR) is 155 cm³/mol. The van der Waals surface area contributed by atoms with Crippen molar-refractivity contribution in [3.05, 3.63) is 88.2 Å². The SMILES string of the molecule is CC(C)(C)c1cccc(C(O)[C@]2(O)C3CCC2C[C@@H](S(=O)(=O)c2cc(C(=O)Nc4ccc(F)c(F)c4)ccc2Cl)C3)n1. The molecule has 5 rings (SSSR count). The van der Waals surface area contributed by atoms with E-state index in [9.17, 15) is 32.2 Å². The van der Waals surface area contributed by atoms with Gasteiger partial charge >= 0.3 is 0 Å². The van der Waals surface area contributed by atoms with Crippen LogP contribution in [0.25, 0.3) is 0 Å². The Balaban J connectivity index is 1.38. The number of fused-ring (bicyclic) bond motifs is 2. The Morgan fingerprint density at radius 2 is 1.71 bits per heavy atom. The molecule has 11 heteroatoms. The number of nitrogens with zero attached hydrogens (tertiary/aromatic N) is 1. The quantitative estimate of drug-likeness (QED) is 0.312. The van der Waals surface area contributed by atoms with Gasteiger partial charge in [-0.2, -0.15) is 0 Å². The van der Waals surface area contributed by atoms with E-state index in [1.165, 1.54) is 24.3 Å². The molecule has 0 spiro atoms. The van der Waals surface area contributed by atoms with Crippen molar-refractivity contribution in [2.75, 3.05) is 5.32 Å². The highest BCUT2D eigenvalue weighted by Gasteiger charge is 2.59. The Morgan fingerprint density at radius 3 is 2.33 bits per heavy atom. The number of aliphatic hydroxyl groups is 2. The average molecular weight is 619 g/mol. The number of sulfone groups is 1. The molecule has 3 unspecified atom stereocenters. The summed E-state index contributed by atoms with van der Waals surface area (Å²) in [6.45, 7) is 6.02. The predicted octanol–water partition coefficient (Wildman–Crippen LogP) is 5.99. The number of hydrogen-bond acceptors (Lipinski definition) is 6. The van der Waals surface area contributed by atoms with Crippen molar-refractivity contribution < 1.29 is 32.2 Å². The number of carbonyl (C=O) groups excluding carboxylic acids is 1. The Labute approximate surface area is 248 Å². The van der Waals surface area contributed by atoms with Gasteiger partial charge in [0.1, 0.15) is 11.7 Å². The first-order valence-corrected chi connectivity index (χ1v) is 15.7. The van der Waals surface area contributed by atoms with E-state index in [0.717, 1.165) is 17.8 Å². The number of benzene rings is 2. The highest BCUT2D eigenvalue weighted by atomic mass is 35.5. The Morgan fingerprint density at radius 1 is 1.05 bits per heavy atom. The Kier molecular flexibility index (Phi) is 7.98. The summed E-state index contributed by atoms with van der Waals surface area (Å²) in [6.07, 6.45) is 0.0223. The summed E-state index contributed by atoms with van der Waals surface area (Å²) in [5.74, 6) is -3.92. The van der Waals surface area contributed by atoms with Crippen LogP contribution in [-0.2, 0) is 15.3 Å². The van der Waals surface area contributed by atoms with Gasteiger partial charge < -0.3 is 15.5 Å². The van der Waals surface area contributed by atoms with E-state index in [-0.39, 0.29) is 39.4 Å². The fraction of sp³-hybridized carbons (Fsp3) is 0.419. The van der Waals surface area contributed by atoms with Crippen LogP contribution in [0.1, 0.15) is 74.3 Å². The summed E-state index contributed by atoms with van der Waals surface area (Å²) in [5, 5.41) is 24.8. The van der Waals surface area contributed by atoms with Crippen molar-refractivity contribution in [1.82, 2.24) is 4.98 Å². The second-order valence-corrected chi connectivity index (χ2v) is 14.9. The molecule has 1 heterocycles. The number of anilines is 1. The lowest BCUT2D eigenvalue weighted by molar-refractivity contribution is -0.145. The maximum Gasteiger partial charge on any atom is 0.255 e. The van der Waals surface area contributed by atoms with Gasteiger partial charge in [-0.3, -0.25) is 9.78 Å². The minimum atomic E-state index is -4.06. The minimum absolute atomic E-state index is 0.00230. The van der Waals surface area contributed by atoms with E-state index >= 15 is 0 Å². The van der Waals surface area contributed by atoms with Gasteiger partial charge in [-0.25, -0.2) is 17.2 Å². The van der Waals surface area contributed by atoms with Crippen LogP contribution in [0.5, 0.6) is 0 Å². The zero-order valence-corrected chi connectivity index (χ0v) is 25.0. The molecule has 2 saturated carbocycles. The second-order valence-electron chi connectivity index (χ2n) is 12.3. The van der Waals surface area contributed by atoms with Crippen LogP contribution in [0, 0.1) is 23.5 Å². The standard InChI is InChI=1S/C31H33ClF2N2O5S/c1-30(2,3)27-6-4-5-25(36-27)28(37)31(39)18-8-9-19(31)15-21(14-18)42(40,41)26-13-17(7-11-22(26)32)29(38)35-20-10-12-23(33)24(34)16-20/h4-7,10-13,16,18-19,21,28,37,39H,8-9,14-15H2,1-3H3,(H,35,38)/t18?,19?,21-,28?,31-. The monoisotopic (exact) mass is 618 g/mol. The number of carbonyl (C=O) groups is 1. The first-order valence-electron chi connectivity index (χ1n) is 13.8. The van der Waals surface area contributed by atoms with E-state index in [1.807, 2.05) is 26.8 Å². The highest BCUT2D eigenvalue weighted by Crippen LogP contribution is 2.56. The fourth-order valence-electron chi connectivity index (χ4n) is 6.32. The van der Waals surface area contributed by atoms with Crippen molar-refractivity contribution in [3.8, 4) is 0 Å². The normalized spacial score (nSPS) is 24.8. The average Bonchev–Trinajstić information content (AvgIpc) is 3.10. The van der Waals surface area contributed by atoms with Gasteiger partial charge in [-0.1, -0.05) is 38.4 Å². The molecule has 1 amide bonds. The topological polar surface area (TPSA) is 117 Å². The first-order chi connectivity index (χ1) is 19.6. The number of pyridine rings is 1. The number of aromatic nitrogens is 1. The molecule has 42 heavy (non-hydrogen) atoms. The van der Waals surface area contributed by atoms with Crippen LogP contribution in [0.4, 0.5) is 14.5 Å². The lowest BCUT2D eigenvalue weighted by atomic mass is 9.70. The Bertz CT molecular complexity index is 1630. The molecule has 2 aliphatic rings. The summed E-state index contributed by atoms with van der Waals surface area (Å²) in [4.78, 5) is 17.2. The van der Waals surface area contributed by atoms with Crippen LogP contribution in [0.2, 0.25) is 5.02 Å². The third-order valence-electron chi connectivity index (χ3n) is 8.64. The largest absolute Gasteiger partial charge is 0.386 e. The molecule has 3 aromatic rings. The summed E-state index contributed by atoms with van der Waals surface area (Å²) in [6, 6.07) is 12.0. The van der Waals surface area contributed by atoms with E-state index in [1.54, 1.807) is 12.1 Å². The molecular formula is C31H33ClF2N2O5S. The number of nitrogens with one attached hydrogen (secondary N) is 1. The number of halogens is 3. The summed E-state index contributed by atoms with van der Waals surface area (Å²) < 4.78 is 54.6. The summed E-state index contributed by atoms with van der Waals surface area (Å²) >= 11 is 6.33. The molecule has 224 valence electrons. The van der Waals surface area contributed by atoms with Crippen LogP contribution >= 0.6 is 11.6 Å². The summed E-state index contributed by atoms with van der Waals surface area (Å²) in [5.41, 5.74) is -0.699. The van der Waals surface area contributed by atoms with Crippen molar-refractivity contribution >= 4 is 33.0 Å². The molecule has 7 nitrogen and oxygen atoms in total. The molecule has 2 aliphatic carbocycles. The van der Waals surface area contributed by atoms with E-state index < -0.39 is 56.2 Å². The molecule has 3 atom stereocenters. The maximum atomic E-state index is 13.9. The van der Waals surface area contributed by atoms with Crippen molar-refractivity contribution in [2.24, 2.45) is 11.8 Å².